The fourth-order valence-corrected chi connectivity index (χ4v) is 1.75. The molecule has 22 heavy (non-hydrogen) atoms. The van der Waals surface area contributed by atoms with Crippen molar-refractivity contribution in [1.29, 1.82) is 0 Å². The quantitative estimate of drug-likeness (QED) is 0.610. The lowest BCUT2D eigenvalue weighted by Gasteiger charge is -2.22. The first-order valence-corrected chi connectivity index (χ1v) is 7.50. The number of amides is 1. The van der Waals surface area contributed by atoms with Crippen LogP contribution in [0.3, 0.4) is 0 Å². The molecule has 0 aromatic carbocycles. The molecule has 0 spiro atoms. The van der Waals surface area contributed by atoms with Gasteiger partial charge in [0, 0.05) is 18.8 Å². The first-order valence-electron chi connectivity index (χ1n) is 7.50. The molecule has 1 rings (SSSR count). The zero-order valence-electron chi connectivity index (χ0n) is 13.8. The van der Waals surface area contributed by atoms with Gasteiger partial charge in [-0.15, -0.1) is 5.10 Å². The third-order valence-electron chi connectivity index (χ3n) is 2.74. The summed E-state index contributed by atoms with van der Waals surface area (Å²) >= 11 is 0. The zero-order chi connectivity index (χ0) is 16.6. The van der Waals surface area contributed by atoms with Crippen molar-refractivity contribution in [2.24, 2.45) is 0 Å². The summed E-state index contributed by atoms with van der Waals surface area (Å²) in [4.78, 5) is 11.6. The largest absolute Gasteiger partial charge is 0.444 e. The molecule has 1 unspecified atom stereocenters. The third kappa shape index (κ3) is 7.94. The van der Waals surface area contributed by atoms with Crippen LogP contribution in [0.4, 0.5) is 4.79 Å². The van der Waals surface area contributed by atoms with Gasteiger partial charge in [-0.1, -0.05) is 5.21 Å². The second-order valence-electron chi connectivity index (χ2n) is 6.21. The average Bonchev–Trinajstić information content (AvgIpc) is 2.80. The molecule has 1 aromatic heterocycles. The topological polar surface area (TPSA) is 101 Å². The molecule has 3 N–H and O–H groups in total. The third-order valence-corrected chi connectivity index (χ3v) is 2.74. The van der Waals surface area contributed by atoms with E-state index in [1.807, 2.05) is 27.7 Å². The Morgan fingerprint density at radius 2 is 2.23 bits per heavy atom. The van der Waals surface area contributed by atoms with Gasteiger partial charge in [0.15, 0.2) is 0 Å². The highest BCUT2D eigenvalue weighted by Crippen LogP contribution is 2.07. The van der Waals surface area contributed by atoms with Gasteiger partial charge in [0.25, 0.3) is 0 Å². The SMILES string of the molecule is CC(CCNCc1cn(CCO)nn1)NC(=O)OC(C)(C)C. The summed E-state index contributed by atoms with van der Waals surface area (Å²) in [6.45, 7) is 9.28. The smallest absolute Gasteiger partial charge is 0.407 e. The Kier molecular flexibility index (Phi) is 7.26. The maximum Gasteiger partial charge on any atom is 0.407 e. The normalized spacial score (nSPS) is 13.0. The molecular formula is C14H27N5O3. The zero-order valence-corrected chi connectivity index (χ0v) is 13.8. The molecule has 0 aliphatic carbocycles. The summed E-state index contributed by atoms with van der Waals surface area (Å²) in [5, 5.41) is 22.7. The number of rotatable bonds is 8. The number of ether oxygens (including phenoxy) is 1. The van der Waals surface area contributed by atoms with E-state index in [-0.39, 0.29) is 12.6 Å². The lowest BCUT2D eigenvalue weighted by molar-refractivity contribution is 0.0506. The molecule has 1 atom stereocenters. The summed E-state index contributed by atoms with van der Waals surface area (Å²) in [6.07, 6.45) is 2.18. The highest BCUT2D eigenvalue weighted by molar-refractivity contribution is 5.67. The summed E-state index contributed by atoms with van der Waals surface area (Å²) in [6, 6.07) is 0.0208. The van der Waals surface area contributed by atoms with Crippen LogP contribution in [0, 0.1) is 0 Å². The van der Waals surface area contributed by atoms with Crippen molar-refractivity contribution in [3.8, 4) is 0 Å². The molecule has 0 radical (unpaired) electrons. The second-order valence-corrected chi connectivity index (χ2v) is 6.21. The predicted molar refractivity (Wildman–Crippen MR) is 82.3 cm³/mol. The maximum atomic E-state index is 11.6. The van der Waals surface area contributed by atoms with Crippen molar-refractivity contribution in [1.82, 2.24) is 25.6 Å². The number of aromatic nitrogens is 3. The van der Waals surface area contributed by atoms with Gasteiger partial charge in [0.05, 0.1) is 18.8 Å². The van der Waals surface area contributed by atoms with Gasteiger partial charge in [-0.25, -0.2) is 9.48 Å². The molecule has 0 aliphatic rings. The molecule has 1 heterocycles. The van der Waals surface area contributed by atoms with Crippen LogP contribution >= 0.6 is 0 Å². The van der Waals surface area contributed by atoms with Crippen LogP contribution in [-0.4, -0.2) is 51.0 Å². The Hall–Kier alpha value is -1.67. The van der Waals surface area contributed by atoms with Gasteiger partial charge in [0.2, 0.25) is 0 Å². The first kappa shape index (κ1) is 18.4. The number of carbonyl (C=O) groups is 1. The van der Waals surface area contributed by atoms with E-state index >= 15 is 0 Å². The summed E-state index contributed by atoms with van der Waals surface area (Å²) in [5.41, 5.74) is 0.337. The fourth-order valence-electron chi connectivity index (χ4n) is 1.75. The summed E-state index contributed by atoms with van der Waals surface area (Å²) < 4.78 is 6.80. The number of aliphatic hydroxyl groups excluding tert-OH is 1. The number of hydrogen-bond acceptors (Lipinski definition) is 6. The Morgan fingerprint density at radius 3 is 2.86 bits per heavy atom. The Balaban J connectivity index is 2.16. The van der Waals surface area contributed by atoms with Crippen LogP contribution in [0.2, 0.25) is 0 Å². The minimum absolute atomic E-state index is 0.0208. The standard InChI is InChI=1S/C14H27N5O3/c1-11(16-13(21)22-14(2,3)4)5-6-15-9-12-10-19(7-8-20)18-17-12/h10-11,15,20H,5-9H2,1-4H3,(H,16,21). The number of aliphatic hydroxyl groups is 1. The van der Waals surface area contributed by atoms with Crippen LogP contribution in [0.1, 0.15) is 39.8 Å². The van der Waals surface area contributed by atoms with Crippen LogP contribution in [-0.2, 0) is 17.8 Å². The minimum atomic E-state index is -0.484. The molecule has 0 saturated heterocycles. The van der Waals surface area contributed by atoms with E-state index in [0.717, 1.165) is 18.7 Å². The van der Waals surface area contributed by atoms with E-state index in [1.165, 1.54) is 0 Å². The molecular weight excluding hydrogens is 286 g/mol. The molecule has 8 nitrogen and oxygen atoms in total. The Bertz CT molecular complexity index is 456. The molecule has 1 aromatic rings. The molecule has 0 saturated carbocycles. The van der Waals surface area contributed by atoms with Crippen molar-refractivity contribution in [3.63, 3.8) is 0 Å². The van der Waals surface area contributed by atoms with E-state index in [1.54, 1.807) is 10.9 Å². The molecule has 0 aliphatic heterocycles. The van der Waals surface area contributed by atoms with Crippen LogP contribution in [0.5, 0.6) is 0 Å². The molecule has 0 fully saturated rings. The van der Waals surface area contributed by atoms with Gasteiger partial charge in [-0.3, -0.25) is 0 Å². The summed E-state index contributed by atoms with van der Waals surface area (Å²) in [5.74, 6) is 0. The minimum Gasteiger partial charge on any atom is -0.444 e. The Labute approximate surface area is 131 Å². The maximum absolute atomic E-state index is 11.6. The summed E-state index contributed by atoms with van der Waals surface area (Å²) in [7, 11) is 0. The van der Waals surface area contributed by atoms with Gasteiger partial charge in [-0.05, 0) is 40.7 Å². The van der Waals surface area contributed by atoms with E-state index in [2.05, 4.69) is 20.9 Å². The first-order chi connectivity index (χ1) is 10.3. The predicted octanol–water partition coefficient (Wildman–Crippen LogP) is 0.663. The van der Waals surface area contributed by atoms with E-state index in [0.29, 0.717) is 13.1 Å². The number of nitrogens with one attached hydrogen (secondary N) is 2. The van der Waals surface area contributed by atoms with Crippen LogP contribution in [0.15, 0.2) is 6.20 Å². The monoisotopic (exact) mass is 313 g/mol. The lowest BCUT2D eigenvalue weighted by Crippen LogP contribution is -2.38. The Morgan fingerprint density at radius 1 is 1.50 bits per heavy atom. The highest BCUT2D eigenvalue weighted by atomic mass is 16.6. The van der Waals surface area contributed by atoms with Gasteiger partial charge < -0.3 is 20.5 Å². The number of nitrogens with zero attached hydrogens (tertiary/aromatic N) is 3. The van der Waals surface area contributed by atoms with Crippen molar-refractivity contribution in [2.75, 3.05) is 13.2 Å². The molecule has 1 amide bonds. The fraction of sp³-hybridized carbons (Fsp3) is 0.786. The second kappa shape index (κ2) is 8.70. The number of carbonyl (C=O) groups excluding carboxylic acids is 1. The van der Waals surface area contributed by atoms with Crippen LogP contribution < -0.4 is 10.6 Å². The van der Waals surface area contributed by atoms with Gasteiger partial charge in [-0.2, -0.15) is 0 Å². The molecule has 126 valence electrons. The lowest BCUT2D eigenvalue weighted by atomic mass is 10.2. The van der Waals surface area contributed by atoms with Crippen molar-refractivity contribution >= 4 is 6.09 Å². The van der Waals surface area contributed by atoms with E-state index in [9.17, 15) is 4.79 Å². The van der Waals surface area contributed by atoms with Gasteiger partial charge >= 0.3 is 6.09 Å². The van der Waals surface area contributed by atoms with Crippen molar-refractivity contribution < 1.29 is 14.6 Å². The van der Waals surface area contributed by atoms with E-state index < -0.39 is 11.7 Å². The van der Waals surface area contributed by atoms with E-state index in [4.69, 9.17) is 9.84 Å². The average molecular weight is 313 g/mol. The van der Waals surface area contributed by atoms with Crippen molar-refractivity contribution in [2.45, 2.75) is 58.8 Å². The van der Waals surface area contributed by atoms with Gasteiger partial charge in [0.1, 0.15) is 5.60 Å². The number of alkyl carbamates (subject to hydrolysis) is 1. The van der Waals surface area contributed by atoms with Crippen LogP contribution in [0.25, 0.3) is 0 Å². The highest BCUT2D eigenvalue weighted by Gasteiger charge is 2.17. The molecule has 8 heteroatoms. The molecule has 0 bridgehead atoms. The number of hydrogen-bond donors (Lipinski definition) is 3. The van der Waals surface area contributed by atoms with Crippen molar-refractivity contribution in [3.05, 3.63) is 11.9 Å².